The number of rotatable bonds is 5. The Kier molecular flexibility index (Phi) is 4.13. The lowest BCUT2D eigenvalue weighted by molar-refractivity contribution is -0.123. The van der Waals surface area contributed by atoms with Gasteiger partial charge in [0.25, 0.3) is 0 Å². The Morgan fingerprint density at radius 2 is 2.20 bits per heavy atom. The van der Waals surface area contributed by atoms with Crippen LogP contribution in [0.25, 0.3) is 0 Å². The average molecular weight is 293 g/mol. The highest BCUT2D eigenvalue weighted by Crippen LogP contribution is 2.49. The van der Waals surface area contributed by atoms with Gasteiger partial charge in [0.05, 0.1) is 6.10 Å². The van der Waals surface area contributed by atoms with Gasteiger partial charge in [-0.25, -0.2) is 0 Å². The lowest BCUT2D eigenvalue weighted by Crippen LogP contribution is -2.36. The fraction of sp³-hybridized carbons (Fsp3) is 0.688. The summed E-state index contributed by atoms with van der Waals surface area (Å²) in [4.78, 5) is 14.7. The summed E-state index contributed by atoms with van der Waals surface area (Å²) in [6, 6.07) is 4.27. The predicted molar refractivity (Wildman–Crippen MR) is 80.9 cm³/mol. The van der Waals surface area contributed by atoms with Crippen molar-refractivity contribution in [2.24, 2.45) is 11.8 Å². The van der Waals surface area contributed by atoms with Crippen LogP contribution in [-0.2, 0) is 4.79 Å². The number of hydrogen-bond acceptors (Lipinski definition) is 3. The summed E-state index contributed by atoms with van der Waals surface area (Å²) in [6.45, 7) is 2.53. The molecule has 4 heteroatoms. The number of aliphatic hydroxyl groups is 1. The van der Waals surface area contributed by atoms with E-state index in [9.17, 15) is 9.90 Å². The third-order valence-corrected chi connectivity index (χ3v) is 5.82. The van der Waals surface area contributed by atoms with Gasteiger partial charge in [0.1, 0.15) is 0 Å². The van der Waals surface area contributed by atoms with Crippen molar-refractivity contribution in [1.29, 1.82) is 0 Å². The van der Waals surface area contributed by atoms with E-state index in [1.54, 1.807) is 11.3 Å². The molecule has 2 aliphatic carbocycles. The Labute approximate surface area is 124 Å². The fourth-order valence-electron chi connectivity index (χ4n) is 3.30. The second kappa shape index (κ2) is 5.86. The lowest BCUT2D eigenvalue weighted by Gasteiger charge is -2.18. The highest BCUT2D eigenvalue weighted by molar-refractivity contribution is 7.12. The number of hydrogen-bond donors (Lipinski definition) is 2. The summed E-state index contributed by atoms with van der Waals surface area (Å²) in [5.74, 6) is 1.06. The van der Waals surface area contributed by atoms with Crippen molar-refractivity contribution < 1.29 is 9.90 Å². The van der Waals surface area contributed by atoms with Gasteiger partial charge >= 0.3 is 0 Å². The lowest BCUT2D eigenvalue weighted by atomic mass is 10.0. The molecule has 2 saturated carbocycles. The van der Waals surface area contributed by atoms with Crippen molar-refractivity contribution in [3.63, 3.8) is 0 Å². The highest BCUT2D eigenvalue weighted by Gasteiger charge is 2.44. The second-order valence-corrected chi connectivity index (χ2v) is 7.57. The maximum absolute atomic E-state index is 12.1. The fourth-order valence-corrected chi connectivity index (χ4v) is 4.35. The molecule has 0 bridgehead atoms. The van der Waals surface area contributed by atoms with Crippen molar-refractivity contribution in [3.8, 4) is 0 Å². The van der Waals surface area contributed by atoms with Gasteiger partial charge < -0.3 is 10.4 Å². The van der Waals surface area contributed by atoms with Crippen LogP contribution in [-0.4, -0.2) is 23.7 Å². The standard InChI is InChI=1S/C16H23NO2S/c1-10-6-7-15(20-10)12-8-13(12)16(19)17-9-14(18)11-4-2-3-5-11/h6-7,11-14,18H,2-5,8-9H2,1H3,(H,17,19). The van der Waals surface area contributed by atoms with Crippen molar-refractivity contribution in [2.75, 3.05) is 6.54 Å². The molecule has 3 nitrogen and oxygen atoms in total. The van der Waals surface area contributed by atoms with E-state index in [0.717, 1.165) is 19.3 Å². The molecule has 2 N–H and O–H groups in total. The van der Waals surface area contributed by atoms with E-state index in [0.29, 0.717) is 18.4 Å². The molecule has 0 aliphatic heterocycles. The first-order valence-electron chi connectivity index (χ1n) is 7.67. The number of aliphatic hydroxyl groups excluding tert-OH is 1. The number of nitrogens with one attached hydrogen (secondary N) is 1. The van der Waals surface area contributed by atoms with E-state index in [-0.39, 0.29) is 17.9 Å². The molecule has 3 atom stereocenters. The maximum Gasteiger partial charge on any atom is 0.223 e. The minimum Gasteiger partial charge on any atom is -0.391 e. The average Bonchev–Trinajstić information content (AvgIpc) is 2.87. The van der Waals surface area contributed by atoms with Crippen LogP contribution in [0.15, 0.2) is 12.1 Å². The third kappa shape index (κ3) is 3.07. The molecule has 1 amide bonds. The molecule has 2 fully saturated rings. The molecule has 110 valence electrons. The van der Waals surface area contributed by atoms with Gasteiger partial charge in [-0.15, -0.1) is 11.3 Å². The zero-order valence-corrected chi connectivity index (χ0v) is 12.8. The maximum atomic E-state index is 12.1. The molecule has 20 heavy (non-hydrogen) atoms. The molecule has 1 heterocycles. The minimum atomic E-state index is -0.359. The van der Waals surface area contributed by atoms with Gasteiger partial charge in [0.2, 0.25) is 5.91 Å². The highest BCUT2D eigenvalue weighted by atomic mass is 32.1. The van der Waals surface area contributed by atoms with Crippen molar-refractivity contribution in [3.05, 3.63) is 21.9 Å². The molecule has 1 aromatic heterocycles. The molecule has 1 aromatic rings. The van der Waals surface area contributed by atoms with Crippen LogP contribution >= 0.6 is 11.3 Å². The summed E-state index contributed by atoms with van der Waals surface area (Å²) >= 11 is 1.79. The minimum absolute atomic E-state index is 0.123. The van der Waals surface area contributed by atoms with E-state index >= 15 is 0 Å². The topological polar surface area (TPSA) is 49.3 Å². The largest absolute Gasteiger partial charge is 0.391 e. The van der Waals surface area contributed by atoms with E-state index in [4.69, 9.17) is 0 Å². The molecule has 0 radical (unpaired) electrons. The number of thiophene rings is 1. The zero-order chi connectivity index (χ0) is 14.1. The summed E-state index contributed by atoms with van der Waals surface area (Å²) in [5, 5.41) is 13.0. The third-order valence-electron chi connectivity index (χ3n) is 4.68. The van der Waals surface area contributed by atoms with Crippen molar-refractivity contribution in [1.82, 2.24) is 5.32 Å². The summed E-state index contributed by atoms with van der Waals surface area (Å²) in [7, 11) is 0. The molecule has 0 aromatic carbocycles. The van der Waals surface area contributed by atoms with Crippen LogP contribution in [0.3, 0.4) is 0 Å². The SMILES string of the molecule is Cc1ccc(C2CC2C(=O)NCC(O)C2CCCC2)s1. The molecular weight excluding hydrogens is 270 g/mol. The first kappa shape index (κ1) is 14.1. The second-order valence-electron chi connectivity index (χ2n) is 6.25. The molecule has 3 unspecified atom stereocenters. The summed E-state index contributed by atoms with van der Waals surface area (Å²) in [6.07, 6.45) is 5.26. The van der Waals surface area contributed by atoms with Gasteiger partial charge in [-0.2, -0.15) is 0 Å². The van der Waals surface area contributed by atoms with Crippen molar-refractivity contribution >= 4 is 17.2 Å². The monoisotopic (exact) mass is 293 g/mol. The number of amides is 1. The van der Waals surface area contributed by atoms with Gasteiger partial charge in [0.15, 0.2) is 0 Å². The smallest absolute Gasteiger partial charge is 0.223 e. The van der Waals surface area contributed by atoms with E-state index in [1.165, 1.54) is 22.6 Å². The van der Waals surface area contributed by atoms with Crippen LogP contribution in [0.1, 0.15) is 47.8 Å². The molecule has 0 saturated heterocycles. The van der Waals surface area contributed by atoms with Gasteiger partial charge in [-0.1, -0.05) is 12.8 Å². The van der Waals surface area contributed by atoms with Gasteiger partial charge in [-0.3, -0.25) is 4.79 Å². The number of aryl methyl sites for hydroxylation is 1. The zero-order valence-electron chi connectivity index (χ0n) is 12.0. The summed E-state index contributed by atoms with van der Waals surface area (Å²) in [5.41, 5.74) is 0. The quantitative estimate of drug-likeness (QED) is 0.877. The first-order valence-corrected chi connectivity index (χ1v) is 8.49. The van der Waals surface area contributed by atoms with E-state index in [1.807, 2.05) is 0 Å². The van der Waals surface area contributed by atoms with Crippen LogP contribution in [0.2, 0.25) is 0 Å². The summed E-state index contributed by atoms with van der Waals surface area (Å²) < 4.78 is 0. The Morgan fingerprint density at radius 1 is 1.45 bits per heavy atom. The first-order chi connectivity index (χ1) is 9.65. The predicted octanol–water partition coefficient (Wildman–Crippen LogP) is 2.83. The normalized spacial score (nSPS) is 27.5. The Bertz CT molecular complexity index is 479. The van der Waals surface area contributed by atoms with E-state index < -0.39 is 0 Å². The number of carbonyl (C=O) groups is 1. The van der Waals surface area contributed by atoms with Gasteiger partial charge in [-0.05, 0) is 44.2 Å². The van der Waals surface area contributed by atoms with Crippen molar-refractivity contribution in [2.45, 2.75) is 51.0 Å². The van der Waals surface area contributed by atoms with Crippen LogP contribution in [0.4, 0.5) is 0 Å². The molecule has 3 rings (SSSR count). The van der Waals surface area contributed by atoms with E-state index in [2.05, 4.69) is 24.4 Å². The van der Waals surface area contributed by atoms with Crippen LogP contribution in [0, 0.1) is 18.8 Å². The van der Waals surface area contributed by atoms with Crippen LogP contribution in [0.5, 0.6) is 0 Å². The number of carbonyl (C=O) groups excluding carboxylic acids is 1. The van der Waals surface area contributed by atoms with Gasteiger partial charge in [0, 0.05) is 28.1 Å². The van der Waals surface area contributed by atoms with Crippen LogP contribution < -0.4 is 5.32 Å². The Morgan fingerprint density at radius 3 is 2.85 bits per heavy atom. The molecule has 2 aliphatic rings. The molecular formula is C16H23NO2S. The Balaban J connectivity index is 1.44. The molecule has 0 spiro atoms. The Hall–Kier alpha value is -0.870.